The first-order valence-corrected chi connectivity index (χ1v) is 13.7. The van der Waals surface area contributed by atoms with Crippen LogP contribution in [0.15, 0.2) is 36.7 Å². The van der Waals surface area contributed by atoms with Crippen LogP contribution in [-0.4, -0.2) is 71.1 Å². The summed E-state index contributed by atoms with van der Waals surface area (Å²) in [6.07, 6.45) is 5.13. The smallest absolute Gasteiger partial charge is 0.243 e. The summed E-state index contributed by atoms with van der Waals surface area (Å²) in [6.45, 7) is 2.95. The summed E-state index contributed by atoms with van der Waals surface area (Å²) in [4.78, 5) is 43.5. The second-order valence-corrected chi connectivity index (χ2v) is 10.2. The van der Waals surface area contributed by atoms with Crippen LogP contribution in [0.2, 0.25) is 0 Å². The van der Waals surface area contributed by atoms with E-state index in [1.807, 2.05) is 13.0 Å². The van der Waals surface area contributed by atoms with Crippen LogP contribution in [0.4, 0.5) is 4.39 Å². The molecule has 0 fully saturated rings. The number of pyridine rings is 1. The standard InChI is InChI=1S/C29H40FN5O5/c1-3-19-9-21(16-32-15-19)17-33-18-26(36)24-12-20-10-22(30)13-23(11-20)40-8-6-4-5-7-28(38)35(2)25(14-27(31)37)29(39)34-24/h9-11,13,15-16,24-26,33,36H,3-8,12,14,17-18H2,1-2H3,(H2,31,37)(H,34,39)/t24-,25?,26+/m0/s1. The van der Waals surface area contributed by atoms with Crippen LogP contribution in [0, 0.1) is 5.82 Å². The summed E-state index contributed by atoms with van der Waals surface area (Å²) in [5.74, 6) is -1.79. The van der Waals surface area contributed by atoms with Gasteiger partial charge in [0.1, 0.15) is 17.6 Å². The highest BCUT2D eigenvalue weighted by Gasteiger charge is 2.32. The number of aryl methyl sites for hydroxylation is 1. The molecule has 40 heavy (non-hydrogen) atoms. The second kappa shape index (κ2) is 15.3. The summed E-state index contributed by atoms with van der Waals surface area (Å²) in [5.41, 5.74) is 7.96. The van der Waals surface area contributed by atoms with Gasteiger partial charge < -0.3 is 31.1 Å². The number of carbonyl (C=O) groups excluding carboxylic acids is 3. The van der Waals surface area contributed by atoms with Gasteiger partial charge in [0, 0.05) is 45.0 Å². The molecular formula is C29H40FN5O5. The molecule has 1 aliphatic rings. The van der Waals surface area contributed by atoms with E-state index in [2.05, 4.69) is 15.6 Å². The first kappa shape index (κ1) is 31.0. The molecular weight excluding hydrogens is 517 g/mol. The van der Waals surface area contributed by atoms with Gasteiger partial charge in [-0.25, -0.2) is 4.39 Å². The fourth-order valence-electron chi connectivity index (χ4n) is 4.67. The molecule has 0 radical (unpaired) electrons. The van der Waals surface area contributed by atoms with Crippen molar-refractivity contribution in [1.82, 2.24) is 20.5 Å². The van der Waals surface area contributed by atoms with Crippen LogP contribution in [0.25, 0.3) is 0 Å². The van der Waals surface area contributed by atoms with E-state index in [-0.39, 0.29) is 31.7 Å². The van der Waals surface area contributed by atoms with Crippen molar-refractivity contribution in [2.75, 3.05) is 20.2 Å². The van der Waals surface area contributed by atoms with Gasteiger partial charge in [0.25, 0.3) is 0 Å². The van der Waals surface area contributed by atoms with Crippen molar-refractivity contribution in [2.24, 2.45) is 5.73 Å². The number of ether oxygens (including phenoxy) is 1. The predicted molar refractivity (Wildman–Crippen MR) is 148 cm³/mol. The highest BCUT2D eigenvalue weighted by atomic mass is 19.1. The number of nitrogens with one attached hydrogen (secondary N) is 2. The number of likely N-dealkylation sites (N-methyl/N-ethyl adjacent to an activating group) is 1. The number of nitrogens with two attached hydrogens (primary N) is 1. The molecule has 0 saturated carbocycles. The van der Waals surface area contributed by atoms with Gasteiger partial charge in [-0.1, -0.05) is 13.0 Å². The fourth-order valence-corrected chi connectivity index (χ4v) is 4.67. The normalized spacial score (nSPS) is 19.9. The van der Waals surface area contributed by atoms with Gasteiger partial charge in [0.2, 0.25) is 17.7 Å². The largest absolute Gasteiger partial charge is 0.493 e. The van der Waals surface area contributed by atoms with Crippen molar-refractivity contribution in [2.45, 2.75) is 76.6 Å². The van der Waals surface area contributed by atoms with Gasteiger partial charge in [0.15, 0.2) is 0 Å². The maximum absolute atomic E-state index is 14.5. The molecule has 0 saturated heterocycles. The highest BCUT2D eigenvalue weighted by Crippen LogP contribution is 2.20. The van der Waals surface area contributed by atoms with E-state index in [9.17, 15) is 23.9 Å². The average Bonchev–Trinajstić information content (AvgIpc) is 2.91. The zero-order chi connectivity index (χ0) is 29.1. The van der Waals surface area contributed by atoms with Crippen molar-refractivity contribution < 1.29 is 28.6 Å². The Labute approximate surface area is 234 Å². The van der Waals surface area contributed by atoms with Gasteiger partial charge in [-0.3, -0.25) is 19.4 Å². The maximum Gasteiger partial charge on any atom is 0.243 e. The summed E-state index contributed by atoms with van der Waals surface area (Å²) < 4.78 is 20.2. The molecule has 0 aliphatic carbocycles. The molecule has 3 rings (SSSR count). The molecule has 1 aromatic heterocycles. The van der Waals surface area contributed by atoms with E-state index >= 15 is 0 Å². The third-order valence-corrected chi connectivity index (χ3v) is 6.98. The van der Waals surface area contributed by atoms with Gasteiger partial charge in [-0.2, -0.15) is 0 Å². The molecule has 1 aliphatic heterocycles. The first-order valence-electron chi connectivity index (χ1n) is 13.7. The molecule has 2 aromatic rings. The van der Waals surface area contributed by atoms with E-state index in [1.165, 1.54) is 24.1 Å². The summed E-state index contributed by atoms with van der Waals surface area (Å²) in [5, 5.41) is 17.1. The number of benzene rings is 1. The number of amides is 3. The van der Waals surface area contributed by atoms with Gasteiger partial charge >= 0.3 is 0 Å². The number of fused-ring (bicyclic) bond motifs is 2. The molecule has 3 amide bonds. The topological polar surface area (TPSA) is 147 Å². The minimum Gasteiger partial charge on any atom is -0.493 e. The van der Waals surface area contributed by atoms with Crippen molar-refractivity contribution in [3.8, 4) is 5.75 Å². The van der Waals surface area contributed by atoms with Gasteiger partial charge in [0.05, 0.1) is 25.2 Å². The number of aromatic nitrogens is 1. The van der Waals surface area contributed by atoms with E-state index in [1.54, 1.807) is 18.5 Å². The van der Waals surface area contributed by atoms with Crippen LogP contribution in [0.3, 0.4) is 0 Å². The van der Waals surface area contributed by atoms with Crippen molar-refractivity contribution in [3.05, 3.63) is 59.2 Å². The lowest BCUT2D eigenvalue weighted by atomic mass is 9.99. The molecule has 218 valence electrons. The van der Waals surface area contributed by atoms with Crippen LogP contribution in [0.1, 0.15) is 55.7 Å². The van der Waals surface area contributed by atoms with Gasteiger partial charge in [-0.05, 0) is 60.9 Å². The number of carbonyl (C=O) groups is 3. The molecule has 2 heterocycles. The number of rotatable bonds is 8. The lowest BCUT2D eigenvalue weighted by Gasteiger charge is -2.31. The number of primary amides is 1. The van der Waals surface area contributed by atoms with Crippen molar-refractivity contribution in [1.29, 1.82) is 0 Å². The van der Waals surface area contributed by atoms with E-state index < -0.39 is 35.8 Å². The maximum atomic E-state index is 14.5. The van der Waals surface area contributed by atoms with Crippen LogP contribution < -0.4 is 21.1 Å². The van der Waals surface area contributed by atoms with E-state index in [0.717, 1.165) is 17.5 Å². The number of nitrogens with zero attached hydrogens (tertiary/aromatic N) is 2. The minimum absolute atomic E-state index is 0.0799. The lowest BCUT2D eigenvalue weighted by Crippen LogP contribution is -2.55. The molecule has 0 spiro atoms. The fraction of sp³-hybridized carbons (Fsp3) is 0.517. The Morgan fingerprint density at radius 2 is 2.00 bits per heavy atom. The lowest BCUT2D eigenvalue weighted by molar-refractivity contribution is -0.141. The Morgan fingerprint density at radius 3 is 2.75 bits per heavy atom. The summed E-state index contributed by atoms with van der Waals surface area (Å²) in [7, 11) is 1.46. The number of hydrogen-bond acceptors (Lipinski definition) is 7. The quantitative estimate of drug-likeness (QED) is 0.386. The predicted octanol–water partition coefficient (Wildman–Crippen LogP) is 1.62. The molecule has 11 heteroatoms. The molecule has 2 bridgehead atoms. The van der Waals surface area contributed by atoms with Crippen LogP contribution >= 0.6 is 0 Å². The van der Waals surface area contributed by atoms with Crippen molar-refractivity contribution in [3.63, 3.8) is 0 Å². The summed E-state index contributed by atoms with van der Waals surface area (Å²) in [6, 6.07) is 4.31. The Morgan fingerprint density at radius 1 is 1.23 bits per heavy atom. The molecule has 1 unspecified atom stereocenters. The van der Waals surface area contributed by atoms with Crippen LogP contribution in [-0.2, 0) is 33.8 Å². The average molecular weight is 558 g/mol. The highest BCUT2D eigenvalue weighted by molar-refractivity contribution is 5.91. The Bertz CT molecular complexity index is 1160. The Kier molecular flexibility index (Phi) is 11.8. The number of halogens is 1. The second-order valence-electron chi connectivity index (χ2n) is 10.2. The number of aliphatic hydroxyl groups is 1. The van der Waals surface area contributed by atoms with E-state index in [0.29, 0.717) is 43.7 Å². The van der Waals surface area contributed by atoms with Crippen molar-refractivity contribution >= 4 is 17.7 Å². The SMILES string of the molecule is CCc1cncc(CNC[C@@H](O)[C@@H]2Cc3cc(F)cc(c3)OCCCCCC(=O)N(C)C(CC(N)=O)C(=O)N2)c1. The van der Waals surface area contributed by atoms with Gasteiger partial charge in [-0.15, -0.1) is 0 Å². The van der Waals surface area contributed by atoms with Crippen LogP contribution in [0.5, 0.6) is 5.75 Å². The molecule has 1 aromatic carbocycles. The van der Waals surface area contributed by atoms with E-state index in [4.69, 9.17) is 10.5 Å². The zero-order valence-corrected chi connectivity index (χ0v) is 23.2. The Balaban J connectivity index is 1.84. The molecule has 10 nitrogen and oxygen atoms in total. The number of aliphatic hydroxyl groups excluding tert-OH is 1. The Hall–Kier alpha value is -3.57. The number of hydrogen-bond donors (Lipinski definition) is 4. The monoisotopic (exact) mass is 557 g/mol. The third-order valence-electron chi connectivity index (χ3n) is 6.98. The first-order chi connectivity index (χ1) is 19.2. The third kappa shape index (κ3) is 9.56. The molecule has 5 N–H and O–H groups in total. The molecule has 3 atom stereocenters. The zero-order valence-electron chi connectivity index (χ0n) is 23.2. The minimum atomic E-state index is -1.14. The summed E-state index contributed by atoms with van der Waals surface area (Å²) >= 11 is 0.